The maximum Gasteiger partial charge on any atom is 0.257 e. The van der Waals surface area contributed by atoms with E-state index < -0.39 is 0 Å². The lowest BCUT2D eigenvalue weighted by molar-refractivity contribution is 0.0909. The maximum absolute atomic E-state index is 12.0. The Labute approximate surface area is 108 Å². The molecule has 0 unspecified atom stereocenters. The van der Waals surface area contributed by atoms with Gasteiger partial charge >= 0.3 is 0 Å². The lowest BCUT2D eigenvalue weighted by Gasteiger charge is -2.27. The van der Waals surface area contributed by atoms with Crippen molar-refractivity contribution in [2.75, 3.05) is 5.33 Å². The first-order valence-corrected chi connectivity index (χ1v) is 6.85. The number of H-pyrrole nitrogens is 1. The van der Waals surface area contributed by atoms with Crippen LogP contribution < -0.4 is 10.7 Å². The van der Waals surface area contributed by atoms with Crippen molar-refractivity contribution in [2.45, 2.75) is 31.2 Å². The molecule has 1 aromatic rings. The van der Waals surface area contributed by atoms with Gasteiger partial charge in [-0.05, 0) is 12.8 Å². The lowest BCUT2D eigenvalue weighted by Crippen LogP contribution is -2.48. The summed E-state index contributed by atoms with van der Waals surface area (Å²) in [4.78, 5) is 26.3. The highest BCUT2D eigenvalue weighted by atomic mass is 79.9. The van der Waals surface area contributed by atoms with E-state index in [2.05, 4.69) is 26.2 Å². The van der Waals surface area contributed by atoms with Crippen molar-refractivity contribution >= 4 is 21.8 Å². The van der Waals surface area contributed by atoms with Crippen molar-refractivity contribution in [2.24, 2.45) is 0 Å². The van der Waals surface area contributed by atoms with E-state index in [1.165, 1.54) is 18.5 Å². The van der Waals surface area contributed by atoms with Crippen LogP contribution in [0.1, 0.15) is 36.0 Å². The monoisotopic (exact) mass is 298 g/mol. The number of nitrogens with one attached hydrogen (secondary N) is 2. The molecule has 0 saturated heterocycles. The molecule has 0 atom stereocenters. The van der Waals surface area contributed by atoms with Crippen molar-refractivity contribution in [3.8, 4) is 0 Å². The quantitative estimate of drug-likeness (QED) is 0.836. The van der Waals surface area contributed by atoms with Gasteiger partial charge in [-0.3, -0.25) is 9.59 Å². The van der Waals surface area contributed by atoms with Crippen molar-refractivity contribution in [1.29, 1.82) is 0 Å². The van der Waals surface area contributed by atoms with E-state index in [0.717, 1.165) is 31.0 Å². The topological polar surface area (TPSA) is 62.0 Å². The van der Waals surface area contributed by atoms with Crippen LogP contribution in [0.3, 0.4) is 0 Å². The molecule has 1 saturated carbocycles. The van der Waals surface area contributed by atoms with E-state index in [1.807, 2.05) is 0 Å². The Bertz CT molecular complexity index is 464. The number of hydrogen-bond donors (Lipinski definition) is 2. The second kappa shape index (κ2) is 5.04. The number of carbonyl (C=O) groups is 1. The van der Waals surface area contributed by atoms with Crippen molar-refractivity contribution in [3.63, 3.8) is 0 Å². The standard InChI is InChI=1S/C12H15BrN2O2/c13-8-12(4-1-2-5-12)15-11(17)9-7-14-6-3-10(9)16/h3,6-7H,1-2,4-5,8H2,(H,14,16)(H,15,17). The third-order valence-electron chi connectivity index (χ3n) is 3.26. The molecule has 0 spiro atoms. The minimum atomic E-state index is -0.284. The Morgan fingerprint density at radius 3 is 2.76 bits per heavy atom. The van der Waals surface area contributed by atoms with Crippen LogP contribution in [0.15, 0.2) is 23.3 Å². The maximum atomic E-state index is 12.0. The number of carbonyl (C=O) groups excluding carboxylic acids is 1. The van der Waals surface area contributed by atoms with Gasteiger partial charge in [0.2, 0.25) is 0 Å². The molecule has 1 fully saturated rings. The zero-order chi connectivity index (χ0) is 12.3. The van der Waals surface area contributed by atoms with Gasteiger partial charge in [0.1, 0.15) is 5.56 Å². The van der Waals surface area contributed by atoms with E-state index in [9.17, 15) is 9.59 Å². The Morgan fingerprint density at radius 1 is 1.47 bits per heavy atom. The molecule has 1 aliphatic carbocycles. The molecule has 1 aliphatic rings. The molecule has 1 aromatic heterocycles. The van der Waals surface area contributed by atoms with Crippen molar-refractivity contribution < 1.29 is 4.79 Å². The normalized spacial score (nSPS) is 17.9. The van der Waals surface area contributed by atoms with Gasteiger partial charge in [0.05, 0.1) is 5.54 Å². The summed E-state index contributed by atoms with van der Waals surface area (Å²) >= 11 is 3.45. The number of aromatic amines is 1. The third-order valence-corrected chi connectivity index (χ3v) is 4.34. The predicted molar refractivity (Wildman–Crippen MR) is 69.5 cm³/mol. The van der Waals surface area contributed by atoms with E-state index in [-0.39, 0.29) is 22.4 Å². The highest BCUT2D eigenvalue weighted by Crippen LogP contribution is 2.31. The van der Waals surface area contributed by atoms with Gasteiger partial charge in [-0.1, -0.05) is 28.8 Å². The summed E-state index contributed by atoms with van der Waals surface area (Å²) in [6.45, 7) is 0. The second-order valence-electron chi connectivity index (χ2n) is 4.50. The van der Waals surface area contributed by atoms with Gasteiger partial charge in [-0.2, -0.15) is 0 Å². The van der Waals surface area contributed by atoms with Crippen LogP contribution in [-0.4, -0.2) is 21.8 Å². The molecule has 0 radical (unpaired) electrons. The smallest absolute Gasteiger partial charge is 0.257 e. The van der Waals surface area contributed by atoms with Crippen molar-refractivity contribution in [3.05, 3.63) is 34.2 Å². The molecule has 5 heteroatoms. The molecule has 1 heterocycles. The highest BCUT2D eigenvalue weighted by molar-refractivity contribution is 9.09. The van der Waals surface area contributed by atoms with Crippen LogP contribution in [0.2, 0.25) is 0 Å². The molecule has 2 N–H and O–H groups in total. The van der Waals surface area contributed by atoms with E-state index in [4.69, 9.17) is 0 Å². The summed E-state index contributed by atoms with van der Waals surface area (Å²) in [5.74, 6) is -0.284. The van der Waals surface area contributed by atoms with Gasteiger partial charge in [-0.25, -0.2) is 0 Å². The molecule has 17 heavy (non-hydrogen) atoms. The molecular formula is C12H15BrN2O2. The Kier molecular flexibility index (Phi) is 3.66. The van der Waals surface area contributed by atoms with Crippen LogP contribution in [-0.2, 0) is 0 Å². The first-order valence-electron chi connectivity index (χ1n) is 5.72. The largest absolute Gasteiger partial charge is 0.367 e. The summed E-state index contributed by atoms with van der Waals surface area (Å²) in [6, 6.07) is 1.37. The second-order valence-corrected chi connectivity index (χ2v) is 5.06. The number of rotatable bonds is 3. The predicted octanol–water partition coefficient (Wildman–Crippen LogP) is 1.81. The highest BCUT2D eigenvalue weighted by Gasteiger charge is 2.34. The van der Waals surface area contributed by atoms with Gasteiger partial charge in [0.25, 0.3) is 5.91 Å². The minimum absolute atomic E-state index is 0.180. The minimum Gasteiger partial charge on any atom is -0.367 e. The van der Waals surface area contributed by atoms with E-state index in [0.29, 0.717) is 0 Å². The summed E-state index contributed by atoms with van der Waals surface area (Å²) < 4.78 is 0. The van der Waals surface area contributed by atoms with E-state index >= 15 is 0 Å². The zero-order valence-corrected chi connectivity index (χ0v) is 11.0. The molecule has 0 aromatic carbocycles. The van der Waals surface area contributed by atoms with Crippen LogP contribution in [0.25, 0.3) is 0 Å². The molecule has 2 rings (SSSR count). The lowest BCUT2D eigenvalue weighted by atomic mass is 10.00. The third kappa shape index (κ3) is 2.60. The van der Waals surface area contributed by atoms with Crippen LogP contribution >= 0.6 is 15.9 Å². The SMILES string of the molecule is O=C(NC1(CBr)CCCC1)c1c[nH]ccc1=O. The number of hydrogen-bond acceptors (Lipinski definition) is 2. The average molecular weight is 299 g/mol. The fourth-order valence-electron chi connectivity index (χ4n) is 2.25. The number of alkyl halides is 1. The van der Waals surface area contributed by atoms with Gasteiger partial charge in [0, 0.05) is 23.8 Å². The first kappa shape index (κ1) is 12.4. The van der Waals surface area contributed by atoms with Crippen LogP contribution in [0.5, 0.6) is 0 Å². The van der Waals surface area contributed by atoms with Crippen LogP contribution in [0, 0.1) is 0 Å². The van der Waals surface area contributed by atoms with Gasteiger partial charge < -0.3 is 10.3 Å². The Hall–Kier alpha value is -1.10. The number of aromatic nitrogens is 1. The summed E-state index contributed by atoms with van der Waals surface area (Å²) in [5, 5.41) is 3.73. The number of amides is 1. The Morgan fingerprint density at radius 2 is 2.18 bits per heavy atom. The summed E-state index contributed by atoms with van der Waals surface area (Å²) in [6.07, 6.45) is 7.15. The average Bonchev–Trinajstić information content (AvgIpc) is 2.79. The van der Waals surface area contributed by atoms with Crippen molar-refractivity contribution in [1.82, 2.24) is 10.3 Å². The number of pyridine rings is 1. The van der Waals surface area contributed by atoms with E-state index in [1.54, 1.807) is 0 Å². The Balaban J connectivity index is 2.17. The van der Waals surface area contributed by atoms with Gasteiger partial charge in [0.15, 0.2) is 5.43 Å². The molecular weight excluding hydrogens is 284 g/mol. The molecule has 1 amide bonds. The molecule has 0 bridgehead atoms. The first-order chi connectivity index (χ1) is 8.17. The van der Waals surface area contributed by atoms with Gasteiger partial charge in [-0.15, -0.1) is 0 Å². The molecule has 4 nitrogen and oxygen atoms in total. The van der Waals surface area contributed by atoms with Crippen LogP contribution in [0.4, 0.5) is 0 Å². The fraction of sp³-hybridized carbons (Fsp3) is 0.500. The zero-order valence-electron chi connectivity index (χ0n) is 9.46. The fourth-order valence-corrected chi connectivity index (χ4v) is 2.95. The summed E-state index contributed by atoms with van der Waals surface area (Å²) in [7, 11) is 0. The summed E-state index contributed by atoms with van der Waals surface area (Å²) in [5.41, 5.74) is -0.247. The molecule has 0 aliphatic heterocycles. The number of halogens is 1. The molecule has 92 valence electrons.